The van der Waals surface area contributed by atoms with E-state index in [4.69, 9.17) is 0 Å². The number of aromatic nitrogens is 4. The Hall–Kier alpha value is -2.77. The number of nitrogens with zero attached hydrogens (tertiary/aromatic N) is 5. The Labute approximate surface area is 174 Å². The van der Waals surface area contributed by atoms with E-state index >= 15 is 0 Å². The Kier molecular flexibility index (Phi) is 4.79. The second kappa shape index (κ2) is 7.49. The number of hydrogen-bond acceptors (Lipinski definition) is 5. The lowest BCUT2D eigenvalue weighted by Gasteiger charge is -2.39. The van der Waals surface area contributed by atoms with Gasteiger partial charge in [0, 0.05) is 37.2 Å². The summed E-state index contributed by atoms with van der Waals surface area (Å²) in [6.07, 6.45) is 8.39. The highest BCUT2D eigenvalue weighted by atomic mass is 16.2. The first-order valence-corrected chi connectivity index (χ1v) is 11.0. The summed E-state index contributed by atoms with van der Waals surface area (Å²) in [5, 5.41) is 4.66. The van der Waals surface area contributed by atoms with Crippen LogP contribution in [0.2, 0.25) is 0 Å². The lowest BCUT2D eigenvalue weighted by atomic mass is 9.76. The minimum Gasteiger partial charge on any atom is -0.342 e. The smallest absolute Gasteiger partial charge is 0.332 e. The number of carbonyl (C=O) groups is 1. The molecule has 0 radical (unpaired) electrons. The molecule has 158 valence electrons. The fourth-order valence-electron chi connectivity index (χ4n) is 5.39. The van der Waals surface area contributed by atoms with Crippen molar-refractivity contribution in [2.45, 2.75) is 63.5 Å². The van der Waals surface area contributed by atoms with E-state index in [1.807, 2.05) is 23.1 Å². The largest absolute Gasteiger partial charge is 0.342 e. The van der Waals surface area contributed by atoms with Crippen LogP contribution in [0, 0.1) is 5.92 Å². The first-order chi connectivity index (χ1) is 14.6. The lowest BCUT2D eigenvalue weighted by molar-refractivity contribution is -0.137. The van der Waals surface area contributed by atoms with E-state index in [9.17, 15) is 14.4 Å². The molecule has 2 aliphatic heterocycles. The molecule has 5 rings (SSSR count). The summed E-state index contributed by atoms with van der Waals surface area (Å²) < 4.78 is 2.82. The van der Waals surface area contributed by atoms with Crippen LogP contribution < -0.4 is 11.1 Å². The normalized spacial score (nSPS) is 20.6. The van der Waals surface area contributed by atoms with Crippen molar-refractivity contribution < 1.29 is 4.79 Å². The van der Waals surface area contributed by atoms with Crippen molar-refractivity contribution in [1.29, 1.82) is 0 Å². The van der Waals surface area contributed by atoms with Gasteiger partial charge in [0.25, 0.3) is 0 Å². The van der Waals surface area contributed by atoms with Gasteiger partial charge in [-0.15, -0.1) is 0 Å². The number of hydrogen-bond donors (Lipinski definition) is 0. The quantitative estimate of drug-likeness (QED) is 0.713. The second-order valence-corrected chi connectivity index (χ2v) is 8.90. The number of fused-ring (bicyclic) bond motifs is 2. The van der Waals surface area contributed by atoms with Crippen molar-refractivity contribution in [3.63, 3.8) is 0 Å². The van der Waals surface area contributed by atoms with Crippen LogP contribution >= 0.6 is 0 Å². The topological polar surface area (TPSA) is 90.1 Å². The average Bonchev–Trinajstić information content (AvgIpc) is 3.42. The van der Waals surface area contributed by atoms with Crippen LogP contribution in [0.1, 0.15) is 56.5 Å². The van der Waals surface area contributed by atoms with Crippen molar-refractivity contribution in [2.75, 3.05) is 13.1 Å². The van der Waals surface area contributed by atoms with Crippen LogP contribution in [0.5, 0.6) is 0 Å². The van der Waals surface area contributed by atoms with Crippen LogP contribution in [0.3, 0.4) is 0 Å². The van der Waals surface area contributed by atoms with Gasteiger partial charge in [-0.2, -0.15) is 5.10 Å². The van der Waals surface area contributed by atoms with Crippen LogP contribution in [-0.4, -0.2) is 43.2 Å². The van der Waals surface area contributed by atoms with Gasteiger partial charge < -0.3 is 4.90 Å². The van der Waals surface area contributed by atoms with Crippen LogP contribution in [0.25, 0.3) is 0 Å². The molecule has 0 N–H and O–H groups in total. The molecule has 8 nitrogen and oxygen atoms in total. The zero-order chi connectivity index (χ0) is 20.7. The molecule has 30 heavy (non-hydrogen) atoms. The first kappa shape index (κ1) is 19.2. The molecule has 1 amide bonds. The molecule has 1 saturated heterocycles. The molecule has 2 fully saturated rings. The molecular weight excluding hydrogens is 382 g/mol. The third-order valence-corrected chi connectivity index (χ3v) is 7.20. The molecule has 0 atom stereocenters. The molecule has 1 saturated carbocycles. The van der Waals surface area contributed by atoms with E-state index in [2.05, 4.69) is 10.1 Å². The van der Waals surface area contributed by atoms with Crippen molar-refractivity contribution >= 4 is 5.91 Å². The van der Waals surface area contributed by atoms with E-state index in [1.165, 1.54) is 4.68 Å². The van der Waals surface area contributed by atoms with Crippen molar-refractivity contribution in [3.8, 4) is 0 Å². The molecule has 2 aromatic heterocycles. The predicted molar refractivity (Wildman–Crippen MR) is 110 cm³/mol. The monoisotopic (exact) mass is 409 g/mol. The standard InChI is InChI=1S/C22H27N5O3/c28-18(16-5-1-2-6-16)25-12-8-22(9-13-25)10-14-26-19(29)20(30)27(24-21(22)26)15-17-7-3-4-11-23-17/h3-4,7,11,16H,1-2,5-6,8-10,12-15H2. The molecule has 8 heteroatoms. The maximum atomic E-state index is 12.8. The Bertz CT molecular complexity index is 1060. The zero-order valence-electron chi connectivity index (χ0n) is 17.1. The Morgan fingerprint density at radius 3 is 2.47 bits per heavy atom. The molecule has 3 aliphatic rings. The van der Waals surface area contributed by atoms with Gasteiger partial charge >= 0.3 is 11.1 Å². The number of piperidine rings is 1. The molecule has 1 aliphatic carbocycles. The SMILES string of the molecule is O=C(C1CCCC1)N1CCC2(CC1)CCn1c2nn(Cc2ccccn2)c(=O)c1=O. The minimum absolute atomic E-state index is 0.186. The van der Waals surface area contributed by atoms with Gasteiger partial charge in [0.15, 0.2) is 0 Å². The molecule has 0 bridgehead atoms. The fraction of sp³-hybridized carbons (Fsp3) is 0.591. The van der Waals surface area contributed by atoms with E-state index in [-0.39, 0.29) is 17.9 Å². The summed E-state index contributed by atoms with van der Waals surface area (Å²) in [4.78, 5) is 44.4. The first-order valence-electron chi connectivity index (χ1n) is 11.0. The number of rotatable bonds is 3. The number of pyridine rings is 1. The summed E-state index contributed by atoms with van der Waals surface area (Å²) in [5.41, 5.74) is -0.640. The minimum atomic E-state index is -0.602. The van der Waals surface area contributed by atoms with E-state index in [0.29, 0.717) is 37.1 Å². The molecule has 4 heterocycles. The molecule has 1 spiro atoms. The highest BCUT2D eigenvalue weighted by Crippen LogP contribution is 2.42. The summed E-state index contributed by atoms with van der Waals surface area (Å²) in [6.45, 7) is 2.11. The van der Waals surface area contributed by atoms with Crippen molar-refractivity contribution in [1.82, 2.24) is 24.2 Å². The maximum absolute atomic E-state index is 12.8. The van der Waals surface area contributed by atoms with Crippen LogP contribution in [0.4, 0.5) is 0 Å². The molecule has 0 aromatic carbocycles. The average molecular weight is 409 g/mol. The van der Waals surface area contributed by atoms with E-state index in [1.54, 1.807) is 10.8 Å². The Morgan fingerprint density at radius 2 is 1.77 bits per heavy atom. The maximum Gasteiger partial charge on any atom is 0.332 e. The number of carbonyl (C=O) groups excluding carboxylic acids is 1. The number of likely N-dealkylation sites (tertiary alicyclic amines) is 1. The third kappa shape index (κ3) is 3.18. The van der Waals surface area contributed by atoms with Gasteiger partial charge in [-0.1, -0.05) is 18.9 Å². The van der Waals surface area contributed by atoms with E-state index < -0.39 is 11.1 Å². The van der Waals surface area contributed by atoms with Gasteiger partial charge in [0.2, 0.25) is 5.91 Å². The number of amides is 1. The lowest BCUT2D eigenvalue weighted by Crippen LogP contribution is -2.49. The third-order valence-electron chi connectivity index (χ3n) is 7.20. The summed E-state index contributed by atoms with van der Waals surface area (Å²) in [6, 6.07) is 5.49. The van der Waals surface area contributed by atoms with Gasteiger partial charge in [-0.05, 0) is 44.2 Å². The van der Waals surface area contributed by atoms with E-state index in [0.717, 1.165) is 44.9 Å². The van der Waals surface area contributed by atoms with Crippen LogP contribution in [0.15, 0.2) is 34.0 Å². The van der Waals surface area contributed by atoms with Crippen LogP contribution in [-0.2, 0) is 23.3 Å². The second-order valence-electron chi connectivity index (χ2n) is 8.90. The summed E-state index contributed by atoms with van der Waals surface area (Å²) in [5.74, 6) is 1.20. The van der Waals surface area contributed by atoms with Crippen molar-refractivity contribution in [2.24, 2.45) is 5.92 Å². The predicted octanol–water partition coefficient (Wildman–Crippen LogP) is 1.30. The Balaban J connectivity index is 1.40. The zero-order valence-corrected chi connectivity index (χ0v) is 17.1. The summed E-state index contributed by atoms with van der Waals surface area (Å²) >= 11 is 0. The van der Waals surface area contributed by atoms with Crippen molar-refractivity contribution in [3.05, 3.63) is 56.6 Å². The molecule has 0 unspecified atom stereocenters. The van der Waals surface area contributed by atoms with Gasteiger partial charge in [-0.3, -0.25) is 23.9 Å². The highest BCUT2D eigenvalue weighted by Gasteiger charge is 2.45. The molecule has 2 aromatic rings. The molecular formula is C22H27N5O3. The fourth-order valence-corrected chi connectivity index (χ4v) is 5.39. The van der Waals surface area contributed by atoms with Gasteiger partial charge in [0.05, 0.1) is 12.2 Å². The summed E-state index contributed by atoms with van der Waals surface area (Å²) in [7, 11) is 0. The van der Waals surface area contributed by atoms with Gasteiger partial charge in [-0.25, -0.2) is 4.68 Å². The highest BCUT2D eigenvalue weighted by molar-refractivity contribution is 5.79. The van der Waals surface area contributed by atoms with Gasteiger partial charge in [0.1, 0.15) is 5.82 Å². The Morgan fingerprint density at radius 1 is 1.03 bits per heavy atom.